The van der Waals surface area contributed by atoms with E-state index in [1.54, 1.807) is 18.3 Å². The molecule has 0 aliphatic heterocycles. The van der Waals surface area contributed by atoms with E-state index in [-0.39, 0.29) is 5.92 Å². The molecule has 3 nitrogen and oxygen atoms in total. The highest BCUT2D eigenvalue weighted by atomic mass is 16.3. The molecule has 0 radical (unpaired) electrons. The number of rotatable bonds is 2. The molecule has 0 bridgehead atoms. The van der Waals surface area contributed by atoms with Crippen LogP contribution in [0.3, 0.4) is 0 Å². The standard InChI is InChI=1S/C9H14N2O/c1-6(2)8(12)7-4-3-5-11-9(7)10/h3-6,8,12H,1-2H3,(H2,10,11). The predicted octanol–water partition coefficient (Wildman–Crippen LogP) is 1.35. The van der Waals surface area contributed by atoms with E-state index < -0.39 is 6.10 Å². The average Bonchev–Trinajstić information content (AvgIpc) is 2.04. The first-order valence-corrected chi connectivity index (χ1v) is 4.01. The number of pyridine rings is 1. The lowest BCUT2D eigenvalue weighted by Gasteiger charge is -2.15. The zero-order valence-corrected chi connectivity index (χ0v) is 7.36. The second-order valence-electron chi connectivity index (χ2n) is 3.17. The summed E-state index contributed by atoms with van der Waals surface area (Å²) in [5.74, 6) is 0.579. The van der Waals surface area contributed by atoms with Crippen molar-refractivity contribution in [1.29, 1.82) is 0 Å². The van der Waals surface area contributed by atoms with E-state index in [9.17, 15) is 5.11 Å². The Labute approximate surface area is 72.2 Å². The molecular weight excluding hydrogens is 152 g/mol. The highest BCUT2D eigenvalue weighted by Gasteiger charge is 2.14. The fourth-order valence-corrected chi connectivity index (χ4v) is 1.04. The smallest absolute Gasteiger partial charge is 0.129 e. The van der Waals surface area contributed by atoms with E-state index in [0.29, 0.717) is 11.4 Å². The fraction of sp³-hybridized carbons (Fsp3) is 0.444. The number of nitrogens with zero attached hydrogens (tertiary/aromatic N) is 1. The van der Waals surface area contributed by atoms with Crippen LogP contribution in [0.25, 0.3) is 0 Å². The van der Waals surface area contributed by atoms with Gasteiger partial charge in [-0.05, 0) is 12.0 Å². The third-order valence-corrected chi connectivity index (χ3v) is 1.82. The normalized spacial score (nSPS) is 13.3. The van der Waals surface area contributed by atoms with Crippen LogP contribution in [0.4, 0.5) is 5.82 Å². The first kappa shape index (κ1) is 9.00. The van der Waals surface area contributed by atoms with E-state index in [0.717, 1.165) is 0 Å². The van der Waals surface area contributed by atoms with E-state index in [2.05, 4.69) is 4.98 Å². The van der Waals surface area contributed by atoms with Gasteiger partial charge in [-0.15, -0.1) is 0 Å². The van der Waals surface area contributed by atoms with Crippen LogP contribution in [-0.4, -0.2) is 10.1 Å². The molecule has 0 aliphatic rings. The number of aliphatic hydroxyl groups is 1. The van der Waals surface area contributed by atoms with Gasteiger partial charge in [0.25, 0.3) is 0 Å². The summed E-state index contributed by atoms with van der Waals surface area (Å²) in [6.07, 6.45) is 1.10. The predicted molar refractivity (Wildman–Crippen MR) is 48.4 cm³/mol. The van der Waals surface area contributed by atoms with Crippen molar-refractivity contribution in [3.63, 3.8) is 0 Å². The summed E-state index contributed by atoms with van der Waals surface area (Å²) in [6, 6.07) is 3.57. The van der Waals surface area contributed by atoms with E-state index >= 15 is 0 Å². The molecule has 0 fully saturated rings. The van der Waals surface area contributed by atoms with Gasteiger partial charge in [0.05, 0.1) is 6.10 Å². The van der Waals surface area contributed by atoms with Gasteiger partial charge in [-0.3, -0.25) is 0 Å². The largest absolute Gasteiger partial charge is 0.388 e. The zero-order chi connectivity index (χ0) is 9.14. The summed E-state index contributed by atoms with van der Waals surface area (Å²) in [4.78, 5) is 3.90. The molecule has 12 heavy (non-hydrogen) atoms. The molecule has 1 atom stereocenters. The van der Waals surface area contributed by atoms with Crippen LogP contribution in [0.15, 0.2) is 18.3 Å². The Balaban J connectivity index is 2.94. The van der Waals surface area contributed by atoms with Gasteiger partial charge < -0.3 is 10.8 Å². The Kier molecular flexibility index (Phi) is 2.65. The van der Waals surface area contributed by atoms with Crippen molar-refractivity contribution in [2.24, 2.45) is 5.92 Å². The van der Waals surface area contributed by atoms with Gasteiger partial charge in [0, 0.05) is 11.8 Å². The maximum absolute atomic E-state index is 9.66. The topological polar surface area (TPSA) is 59.1 Å². The molecule has 0 spiro atoms. The van der Waals surface area contributed by atoms with Gasteiger partial charge in [0.2, 0.25) is 0 Å². The minimum Gasteiger partial charge on any atom is -0.388 e. The molecule has 0 aromatic carbocycles. The molecule has 1 unspecified atom stereocenters. The van der Waals surface area contributed by atoms with Crippen molar-refractivity contribution in [2.75, 3.05) is 5.73 Å². The van der Waals surface area contributed by atoms with Crippen LogP contribution < -0.4 is 5.73 Å². The summed E-state index contributed by atoms with van der Waals surface area (Å²) in [5, 5.41) is 9.66. The van der Waals surface area contributed by atoms with Crippen LogP contribution >= 0.6 is 0 Å². The summed E-state index contributed by atoms with van der Waals surface area (Å²) in [7, 11) is 0. The van der Waals surface area contributed by atoms with Crippen molar-refractivity contribution in [2.45, 2.75) is 20.0 Å². The maximum Gasteiger partial charge on any atom is 0.129 e. The lowest BCUT2D eigenvalue weighted by atomic mass is 10.00. The SMILES string of the molecule is CC(C)C(O)c1cccnc1N. The highest BCUT2D eigenvalue weighted by Crippen LogP contribution is 2.24. The molecule has 0 saturated heterocycles. The van der Waals surface area contributed by atoms with Gasteiger partial charge in [-0.25, -0.2) is 4.98 Å². The Bertz CT molecular complexity index is 260. The van der Waals surface area contributed by atoms with Crippen LogP contribution in [0, 0.1) is 5.92 Å². The Morgan fingerprint density at radius 1 is 1.50 bits per heavy atom. The molecule has 0 saturated carbocycles. The van der Waals surface area contributed by atoms with Crippen molar-refractivity contribution in [3.8, 4) is 0 Å². The van der Waals surface area contributed by atoms with Crippen LogP contribution in [0.2, 0.25) is 0 Å². The molecule has 66 valence electrons. The molecule has 0 amide bonds. The fourth-order valence-electron chi connectivity index (χ4n) is 1.04. The molecule has 3 heteroatoms. The lowest BCUT2D eigenvalue weighted by molar-refractivity contribution is 0.127. The van der Waals surface area contributed by atoms with Crippen LogP contribution in [0.1, 0.15) is 25.5 Å². The first-order chi connectivity index (χ1) is 5.63. The quantitative estimate of drug-likeness (QED) is 0.697. The van der Waals surface area contributed by atoms with E-state index in [4.69, 9.17) is 5.73 Å². The van der Waals surface area contributed by atoms with Crippen molar-refractivity contribution in [3.05, 3.63) is 23.9 Å². The second-order valence-corrected chi connectivity index (χ2v) is 3.17. The summed E-state index contributed by atoms with van der Waals surface area (Å²) in [5.41, 5.74) is 6.30. The second kappa shape index (κ2) is 3.54. The van der Waals surface area contributed by atoms with E-state index in [1.807, 2.05) is 13.8 Å². The van der Waals surface area contributed by atoms with Crippen LogP contribution in [0.5, 0.6) is 0 Å². The van der Waals surface area contributed by atoms with E-state index in [1.165, 1.54) is 0 Å². The first-order valence-electron chi connectivity index (χ1n) is 4.01. The third-order valence-electron chi connectivity index (χ3n) is 1.82. The minimum absolute atomic E-state index is 0.163. The Hall–Kier alpha value is -1.09. The van der Waals surface area contributed by atoms with Crippen molar-refractivity contribution >= 4 is 5.82 Å². The Morgan fingerprint density at radius 2 is 2.17 bits per heavy atom. The van der Waals surface area contributed by atoms with Gasteiger partial charge >= 0.3 is 0 Å². The molecule has 1 rings (SSSR count). The summed E-state index contributed by atoms with van der Waals surface area (Å²) >= 11 is 0. The maximum atomic E-state index is 9.66. The average molecular weight is 166 g/mol. The number of aliphatic hydroxyl groups excluding tert-OH is 1. The molecule has 0 aliphatic carbocycles. The zero-order valence-electron chi connectivity index (χ0n) is 7.36. The lowest BCUT2D eigenvalue weighted by Crippen LogP contribution is -2.09. The number of nitrogens with two attached hydrogens (primary N) is 1. The number of nitrogen functional groups attached to an aromatic ring is 1. The van der Waals surface area contributed by atoms with Crippen molar-refractivity contribution in [1.82, 2.24) is 4.98 Å². The molecule has 3 N–H and O–H groups in total. The Morgan fingerprint density at radius 3 is 2.67 bits per heavy atom. The van der Waals surface area contributed by atoms with Crippen LogP contribution in [-0.2, 0) is 0 Å². The monoisotopic (exact) mass is 166 g/mol. The molecule has 1 aromatic rings. The molecular formula is C9H14N2O. The molecule has 1 aromatic heterocycles. The summed E-state index contributed by atoms with van der Waals surface area (Å²) < 4.78 is 0. The minimum atomic E-state index is -0.515. The number of hydrogen-bond acceptors (Lipinski definition) is 3. The number of anilines is 1. The van der Waals surface area contributed by atoms with Gasteiger partial charge in [-0.1, -0.05) is 19.9 Å². The summed E-state index contributed by atoms with van der Waals surface area (Å²) in [6.45, 7) is 3.88. The van der Waals surface area contributed by atoms with Crippen molar-refractivity contribution < 1.29 is 5.11 Å². The van der Waals surface area contributed by atoms with Gasteiger partial charge in [0.15, 0.2) is 0 Å². The number of hydrogen-bond donors (Lipinski definition) is 2. The van der Waals surface area contributed by atoms with Gasteiger partial charge in [-0.2, -0.15) is 0 Å². The highest BCUT2D eigenvalue weighted by molar-refractivity contribution is 5.40. The third kappa shape index (κ3) is 1.74. The molecule has 1 heterocycles. The van der Waals surface area contributed by atoms with Gasteiger partial charge in [0.1, 0.15) is 5.82 Å². The number of aromatic nitrogens is 1.